The number of pyridine rings is 1. The Morgan fingerprint density at radius 2 is 1.72 bits per heavy atom. The Morgan fingerprint density at radius 3 is 2.25 bits per heavy atom. The van der Waals surface area contributed by atoms with Gasteiger partial charge in [0.2, 0.25) is 0 Å². The summed E-state index contributed by atoms with van der Waals surface area (Å²) in [6, 6.07) is 5.60. The standard InChI is InChI=1S/C26H36N4O6/c1-17-10-8-12-20(28-17)29-15-19(27-16-29)26(21(31)32)14-18(26)11-9-13-30(22(33)35-24(2,3)4)23(34)36-25(5,6)7/h8,10,12,15-16,18H,9,11,13-14H2,1-7H3,(H,31,32)/t18-,26+/m0/s1. The van der Waals surface area contributed by atoms with Crippen LogP contribution in [0, 0.1) is 12.8 Å². The lowest BCUT2D eigenvalue weighted by molar-refractivity contribution is -0.140. The number of carboxylic acids is 1. The summed E-state index contributed by atoms with van der Waals surface area (Å²) in [5.74, 6) is -0.453. The molecule has 2 aromatic rings. The van der Waals surface area contributed by atoms with Crippen LogP contribution in [0.3, 0.4) is 0 Å². The molecule has 196 valence electrons. The number of aliphatic carboxylic acids is 1. The van der Waals surface area contributed by atoms with Gasteiger partial charge in [-0.15, -0.1) is 0 Å². The molecule has 2 atom stereocenters. The van der Waals surface area contributed by atoms with Gasteiger partial charge in [-0.2, -0.15) is 0 Å². The molecule has 0 radical (unpaired) electrons. The molecule has 0 aliphatic heterocycles. The van der Waals surface area contributed by atoms with Gasteiger partial charge in [-0.1, -0.05) is 6.07 Å². The van der Waals surface area contributed by atoms with Crippen LogP contribution in [0.5, 0.6) is 0 Å². The number of carbonyl (C=O) groups is 3. The fourth-order valence-corrected chi connectivity index (χ4v) is 4.10. The van der Waals surface area contributed by atoms with Crippen LogP contribution >= 0.6 is 0 Å². The van der Waals surface area contributed by atoms with E-state index in [-0.39, 0.29) is 12.5 Å². The average molecular weight is 501 g/mol. The van der Waals surface area contributed by atoms with Gasteiger partial charge in [-0.05, 0) is 85.8 Å². The first kappa shape index (κ1) is 27.2. The van der Waals surface area contributed by atoms with Crippen LogP contribution in [0.2, 0.25) is 0 Å². The van der Waals surface area contributed by atoms with Crippen LogP contribution in [-0.2, 0) is 19.7 Å². The molecular weight excluding hydrogens is 464 g/mol. The van der Waals surface area contributed by atoms with Crippen LogP contribution in [-0.4, -0.2) is 60.4 Å². The summed E-state index contributed by atoms with van der Waals surface area (Å²) in [6.45, 7) is 12.2. The largest absolute Gasteiger partial charge is 0.481 e. The number of rotatable bonds is 7. The highest BCUT2D eigenvalue weighted by molar-refractivity contribution is 5.88. The molecule has 0 aromatic carbocycles. The van der Waals surface area contributed by atoms with Crippen molar-refractivity contribution in [2.45, 2.75) is 84.3 Å². The molecule has 1 saturated carbocycles. The van der Waals surface area contributed by atoms with Gasteiger partial charge >= 0.3 is 18.2 Å². The Labute approximate surface area is 211 Å². The van der Waals surface area contributed by atoms with Crippen molar-refractivity contribution in [3.05, 3.63) is 42.1 Å². The predicted octanol–water partition coefficient (Wildman–Crippen LogP) is 4.87. The van der Waals surface area contributed by atoms with Gasteiger partial charge in [0, 0.05) is 18.4 Å². The number of carboxylic acid groups (broad SMARTS) is 1. The molecule has 0 spiro atoms. The fourth-order valence-electron chi connectivity index (χ4n) is 4.10. The number of amides is 2. The number of carbonyl (C=O) groups excluding carboxylic acids is 2. The summed E-state index contributed by atoms with van der Waals surface area (Å²) in [7, 11) is 0. The lowest BCUT2D eigenvalue weighted by Crippen LogP contribution is -2.44. The number of nitrogens with zero attached hydrogens (tertiary/aromatic N) is 4. The van der Waals surface area contributed by atoms with Crippen LogP contribution < -0.4 is 0 Å². The summed E-state index contributed by atoms with van der Waals surface area (Å²) >= 11 is 0. The molecule has 36 heavy (non-hydrogen) atoms. The van der Waals surface area contributed by atoms with Gasteiger partial charge in [-0.25, -0.2) is 24.5 Å². The average Bonchev–Trinajstić information content (AvgIpc) is 3.24. The van der Waals surface area contributed by atoms with Crippen LogP contribution in [0.1, 0.15) is 72.2 Å². The number of imide groups is 1. The van der Waals surface area contributed by atoms with Crippen molar-refractivity contribution in [1.82, 2.24) is 19.4 Å². The topological polar surface area (TPSA) is 124 Å². The smallest absolute Gasteiger partial charge is 0.419 e. The molecule has 2 heterocycles. The third-order valence-electron chi connectivity index (χ3n) is 5.83. The molecule has 2 aromatic heterocycles. The minimum Gasteiger partial charge on any atom is -0.481 e. The van der Waals surface area contributed by atoms with Gasteiger partial charge < -0.3 is 14.6 Å². The van der Waals surface area contributed by atoms with E-state index in [2.05, 4.69) is 9.97 Å². The normalized spacial score (nSPS) is 19.5. The van der Waals surface area contributed by atoms with Crippen molar-refractivity contribution >= 4 is 18.2 Å². The van der Waals surface area contributed by atoms with E-state index in [1.807, 2.05) is 25.1 Å². The van der Waals surface area contributed by atoms with Crippen molar-refractivity contribution in [2.24, 2.45) is 5.92 Å². The third kappa shape index (κ3) is 6.41. The zero-order valence-corrected chi connectivity index (χ0v) is 22.1. The molecule has 2 amide bonds. The molecule has 10 heteroatoms. The van der Waals surface area contributed by atoms with Crippen LogP contribution in [0.15, 0.2) is 30.7 Å². The molecule has 0 saturated heterocycles. The van der Waals surface area contributed by atoms with Crippen LogP contribution in [0.25, 0.3) is 5.82 Å². The molecule has 1 N–H and O–H groups in total. The second-order valence-corrected chi connectivity index (χ2v) is 11.2. The highest BCUT2D eigenvalue weighted by Crippen LogP contribution is 2.56. The molecule has 1 aliphatic carbocycles. The van der Waals surface area contributed by atoms with Gasteiger partial charge in [0.25, 0.3) is 0 Å². The molecule has 0 unspecified atom stereocenters. The summed E-state index contributed by atoms with van der Waals surface area (Å²) in [5, 5.41) is 10.1. The summed E-state index contributed by atoms with van der Waals surface area (Å²) in [4.78, 5) is 47.5. The summed E-state index contributed by atoms with van der Waals surface area (Å²) in [5.41, 5.74) is -1.34. The van der Waals surface area contributed by atoms with Crippen molar-refractivity contribution in [2.75, 3.05) is 6.54 Å². The number of ether oxygens (including phenoxy) is 2. The van der Waals surface area contributed by atoms with Crippen molar-refractivity contribution in [1.29, 1.82) is 0 Å². The number of hydrogen-bond acceptors (Lipinski definition) is 7. The molecule has 1 fully saturated rings. The Kier molecular flexibility index (Phi) is 7.48. The lowest BCUT2D eigenvalue weighted by Gasteiger charge is -2.28. The maximum absolute atomic E-state index is 12.7. The third-order valence-corrected chi connectivity index (χ3v) is 5.83. The molecular formula is C26H36N4O6. The molecule has 1 aliphatic rings. The predicted molar refractivity (Wildman–Crippen MR) is 132 cm³/mol. The second kappa shape index (κ2) is 9.91. The lowest BCUT2D eigenvalue weighted by atomic mass is 9.97. The number of aryl methyl sites for hydroxylation is 1. The van der Waals surface area contributed by atoms with E-state index in [0.29, 0.717) is 30.8 Å². The molecule has 3 rings (SSSR count). The fraction of sp³-hybridized carbons (Fsp3) is 0.577. The van der Waals surface area contributed by atoms with E-state index >= 15 is 0 Å². The highest BCUT2D eigenvalue weighted by atomic mass is 16.6. The monoisotopic (exact) mass is 500 g/mol. The summed E-state index contributed by atoms with van der Waals surface area (Å²) < 4.78 is 12.5. The Bertz CT molecular complexity index is 1100. The molecule has 0 bridgehead atoms. The highest BCUT2D eigenvalue weighted by Gasteiger charge is 2.62. The van der Waals surface area contributed by atoms with E-state index in [4.69, 9.17) is 9.47 Å². The van der Waals surface area contributed by atoms with E-state index in [9.17, 15) is 19.5 Å². The quantitative estimate of drug-likeness (QED) is 0.571. The number of imidazole rings is 1. The zero-order chi connectivity index (χ0) is 26.9. The van der Waals surface area contributed by atoms with E-state index in [0.717, 1.165) is 10.6 Å². The van der Waals surface area contributed by atoms with Gasteiger partial charge in [0.1, 0.15) is 28.8 Å². The van der Waals surface area contributed by atoms with E-state index < -0.39 is 34.8 Å². The number of hydrogen-bond donors (Lipinski definition) is 1. The van der Waals surface area contributed by atoms with Gasteiger partial charge in [-0.3, -0.25) is 9.36 Å². The maximum atomic E-state index is 12.7. The second-order valence-electron chi connectivity index (χ2n) is 11.2. The van der Waals surface area contributed by atoms with Gasteiger partial charge in [0.15, 0.2) is 0 Å². The van der Waals surface area contributed by atoms with Crippen molar-refractivity contribution in [3.63, 3.8) is 0 Å². The van der Waals surface area contributed by atoms with Crippen molar-refractivity contribution in [3.8, 4) is 5.82 Å². The first-order valence-electron chi connectivity index (χ1n) is 12.1. The Balaban J connectivity index is 1.69. The number of aromatic nitrogens is 3. The Morgan fingerprint density at radius 1 is 1.11 bits per heavy atom. The van der Waals surface area contributed by atoms with E-state index in [1.165, 1.54) is 0 Å². The minimum atomic E-state index is -1.10. The molecule has 10 nitrogen and oxygen atoms in total. The van der Waals surface area contributed by atoms with E-state index in [1.54, 1.807) is 58.6 Å². The van der Waals surface area contributed by atoms with Gasteiger partial charge in [0.05, 0.1) is 5.69 Å². The zero-order valence-electron chi connectivity index (χ0n) is 22.1. The van der Waals surface area contributed by atoms with Crippen molar-refractivity contribution < 1.29 is 29.0 Å². The first-order chi connectivity index (χ1) is 16.6. The minimum absolute atomic E-state index is 0.0533. The maximum Gasteiger partial charge on any atom is 0.419 e. The Hall–Kier alpha value is -3.43. The first-order valence-corrected chi connectivity index (χ1v) is 12.1. The summed E-state index contributed by atoms with van der Waals surface area (Å²) in [6.07, 6.45) is 3.03. The SMILES string of the molecule is Cc1cccc(-n2cnc([C@@]3(C(=O)O)C[C@@H]3CCCN(C(=O)OC(C)(C)C)C(=O)OC(C)(C)C)c2)n1. The van der Waals surface area contributed by atoms with Crippen LogP contribution in [0.4, 0.5) is 9.59 Å².